The highest BCUT2D eigenvalue weighted by molar-refractivity contribution is 8.03. The van der Waals surface area contributed by atoms with Crippen molar-refractivity contribution in [1.82, 2.24) is 15.2 Å². The summed E-state index contributed by atoms with van der Waals surface area (Å²) in [6.07, 6.45) is 0. The van der Waals surface area contributed by atoms with Crippen LogP contribution in [-0.2, 0) is 5.75 Å². The lowest BCUT2D eigenvalue weighted by Crippen LogP contribution is -2.05. The molecule has 30 heavy (non-hydrogen) atoms. The zero-order chi connectivity index (χ0) is 21.8. The lowest BCUT2D eigenvalue weighted by molar-refractivity contribution is 0.101. The number of benzene rings is 1. The van der Waals surface area contributed by atoms with E-state index in [1.54, 1.807) is 11.8 Å². The van der Waals surface area contributed by atoms with Gasteiger partial charge in [0.25, 0.3) is 0 Å². The van der Waals surface area contributed by atoms with E-state index >= 15 is 0 Å². The van der Waals surface area contributed by atoms with Crippen LogP contribution in [0.3, 0.4) is 0 Å². The lowest BCUT2D eigenvalue weighted by Gasteiger charge is -2.05. The SMILES string of the molecule is CC(=O)c1c(C)[nH]c(C(=O)CSc2nnc(SCc3ccc(C(C)C)cc3)s2)c1C. The smallest absolute Gasteiger partial charge is 0.189 e. The highest BCUT2D eigenvalue weighted by Crippen LogP contribution is 2.31. The lowest BCUT2D eigenvalue weighted by atomic mass is 10.0. The van der Waals surface area contributed by atoms with E-state index in [9.17, 15) is 9.59 Å². The largest absolute Gasteiger partial charge is 0.355 e. The summed E-state index contributed by atoms with van der Waals surface area (Å²) in [5.41, 5.74) is 5.18. The third-order valence-corrected chi connectivity index (χ3v) is 8.05. The summed E-state index contributed by atoms with van der Waals surface area (Å²) >= 11 is 4.54. The molecule has 158 valence electrons. The van der Waals surface area contributed by atoms with Crippen LogP contribution in [0.25, 0.3) is 0 Å². The van der Waals surface area contributed by atoms with Gasteiger partial charge in [0.2, 0.25) is 0 Å². The molecule has 1 aromatic carbocycles. The Morgan fingerprint density at radius 2 is 1.70 bits per heavy atom. The maximum absolute atomic E-state index is 12.6. The molecule has 3 aromatic rings. The van der Waals surface area contributed by atoms with Crippen molar-refractivity contribution in [1.29, 1.82) is 0 Å². The molecule has 2 heterocycles. The van der Waals surface area contributed by atoms with Crippen LogP contribution in [0.2, 0.25) is 0 Å². The number of aromatic amines is 1. The Labute approximate surface area is 189 Å². The highest BCUT2D eigenvalue weighted by atomic mass is 32.2. The van der Waals surface area contributed by atoms with Gasteiger partial charge in [0.1, 0.15) is 0 Å². The Balaban J connectivity index is 1.55. The molecule has 1 N–H and O–H groups in total. The molecule has 0 aliphatic carbocycles. The van der Waals surface area contributed by atoms with Crippen LogP contribution >= 0.6 is 34.9 Å². The monoisotopic (exact) mass is 459 g/mol. The maximum Gasteiger partial charge on any atom is 0.189 e. The first-order chi connectivity index (χ1) is 14.3. The number of nitrogens with one attached hydrogen (secondary N) is 1. The van der Waals surface area contributed by atoms with Crippen LogP contribution in [0.1, 0.15) is 69.9 Å². The Bertz CT molecular complexity index is 1050. The fraction of sp³-hybridized carbons (Fsp3) is 0.364. The standard InChI is InChI=1S/C22H25N3O2S3/c1-12(2)17-8-6-16(7-9-17)10-28-21-24-25-22(30-21)29-11-18(27)20-13(3)19(15(5)26)14(4)23-20/h6-9,12,23H,10-11H2,1-5H3. The fourth-order valence-electron chi connectivity index (χ4n) is 3.21. The van der Waals surface area contributed by atoms with E-state index in [1.807, 2.05) is 13.8 Å². The van der Waals surface area contributed by atoms with Gasteiger partial charge < -0.3 is 4.98 Å². The van der Waals surface area contributed by atoms with Crippen molar-refractivity contribution in [3.05, 3.63) is 57.9 Å². The molecule has 0 amide bonds. The van der Waals surface area contributed by atoms with Gasteiger partial charge in [-0.3, -0.25) is 9.59 Å². The van der Waals surface area contributed by atoms with E-state index in [2.05, 4.69) is 53.3 Å². The van der Waals surface area contributed by atoms with Crippen molar-refractivity contribution < 1.29 is 9.59 Å². The minimum atomic E-state index is -0.0391. The molecular formula is C22H25N3O2S3. The molecule has 8 heteroatoms. The summed E-state index contributed by atoms with van der Waals surface area (Å²) < 4.78 is 1.66. The number of Topliss-reactive ketones (excluding diaryl/α,β-unsaturated/α-hetero) is 2. The van der Waals surface area contributed by atoms with Gasteiger partial charge in [-0.2, -0.15) is 0 Å². The molecule has 0 radical (unpaired) electrons. The number of aromatic nitrogens is 3. The molecule has 0 unspecified atom stereocenters. The summed E-state index contributed by atoms with van der Waals surface area (Å²) in [6.45, 7) is 9.53. The van der Waals surface area contributed by atoms with Crippen LogP contribution in [0.5, 0.6) is 0 Å². The zero-order valence-electron chi connectivity index (χ0n) is 17.7. The van der Waals surface area contributed by atoms with Crippen LogP contribution in [0.4, 0.5) is 0 Å². The Morgan fingerprint density at radius 3 is 2.27 bits per heavy atom. The van der Waals surface area contributed by atoms with Gasteiger partial charge in [0.15, 0.2) is 20.2 Å². The quantitative estimate of drug-likeness (QED) is 0.309. The average Bonchev–Trinajstić information content (AvgIpc) is 3.28. The van der Waals surface area contributed by atoms with Crippen molar-refractivity contribution in [3.8, 4) is 0 Å². The summed E-state index contributed by atoms with van der Waals surface area (Å²) in [6, 6.07) is 8.67. The molecule has 0 fully saturated rings. The molecule has 2 aromatic heterocycles. The number of rotatable bonds is 9. The molecule has 5 nitrogen and oxygen atoms in total. The second kappa shape index (κ2) is 9.94. The van der Waals surface area contributed by atoms with Crippen molar-refractivity contribution in [3.63, 3.8) is 0 Å². The number of carbonyl (C=O) groups excluding carboxylic acids is 2. The van der Waals surface area contributed by atoms with Gasteiger partial charge in [-0.05, 0) is 43.4 Å². The summed E-state index contributed by atoms with van der Waals surface area (Å²) in [7, 11) is 0. The molecule has 0 atom stereocenters. The highest BCUT2D eigenvalue weighted by Gasteiger charge is 2.20. The summed E-state index contributed by atoms with van der Waals surface area (Å²) in [4.78, 5) is 27.4. The van der Waals surface area contributed by atoms with Crippen molar-refractivity contribution in [2.75, 3.05) is 5.75 Å². The molecule has 0 spiro atoms. The number of aryl methyl sites for hydroxylation is 1. The number of hydrogen-bond acceptors (Lipinski definition) is 7. The van der Waals surface area contributed by atoms with Crippen LogP contribution < -0.4 is 0 Å². The Hall–Kier alpha value is -1.90. The second-order valence-corrected chi connectivity index (χ2v) is 10.8. The maximum atomic E-state index is 12.6. The number of H-pyrrole nitrogens is 1. The van der Waals surface area contributed by atoms with Gasteiger partial charge in [0.05, 0.1) is 11.4 Å². The zero-order valence-corrected chi connectivity index (χ0v) is 20.2. The van der Waals surface area contributed by atoms with Gasteiger partial charge in [-0.25, -0.2) is 0 Å². The number of ketones is 2. The Kier molecular flexibility index (Phi) is 7.55. The minimum absolute atomic E-state index is 0.0300. The predicted molar refractivity (Wildman–Crippen MR) is 125 cm³/mol. The fourth-order valence-corrected chi connectivity index (χ4v) is 6.06. The van der Waals surface area contributed by atoms with Crippen LogP contribution in [-0.4, -0.2) is 32.5 Å². The predicted octanol–water partition coefficient (Wildman–Crippen LogP) is 6.08. The number of hydrogen-bond donors (Lipinski definition) is 1. The van der Waals surface area contributed by atoms with Crippen molar-refractivity contribution >= 4 is 46.4 Å². The molecular weight excluding hydrogens is 434 g/mol. The normalized spacial score (nSPS) is 11.3. The number of thioether (sulfide) groups is 2. The van der Waals surface area contributed by atoms with E-state index in [0.29, 0.717) is 17.2 Å². The summed E-state index contributed by atoms with van der Waals surface area (Å²) in [5, 5.41) is 8.43. The van der Waals surface area contributed by atoms with E-state index in [-0.39, 0.29) is 17.3 Å². The minimum Gasteiger partial charge on any atom is -0.355 e. The first-order valence-corrected chi connectivity index (χ1v) is 12.5. The van der Waals surface area contributed by atoms with E-state index < -0.39 is 0 Å². The van der Waals surface area contributed by atoms with E-state index in [4.69, 9.17) is 0 Å². The van der Waals surface area contributed by atoms with Gasteiger partial charge in [-0.1, -0.05) is 73.0 Å². The van der Waals surface area contributed by atoms with Crippen LogP contribution in [0, 0.1) is 13.8 Å². The molecule has 0 saturated heterocycles. The third kappa shape index (κ3) is 5.42. The van der Waals surface area contributed by atoms with E-state index in [1.165, 1.54) is 41.1 Å². The summed E-state index contributed by atoms with van der Waals surface area (Å²) in [5.74, 6) is 1.56. The average molecular weight is 460 g/mol. The van der Waals surface area contributed by atoms with Crippen LogP contribution in [0.15, 0.2) is 32.9 Å². The number of carbonyl (C=O) groups is 2. The van der Waals surface area contributed by atoms with Gasteiger partial charge in [-0.15, -0.1) is 10.2 Å². The molecule has 0 aliphatic rings. The molecule has 0 saturated carbocycles. The van der Waals surface area contributed by atoms with Crippen molar-refractivity contribution in [2.45, 2.75) is 55.0 Å². The van der Waals surface area contributed by atoms with E-state index in [0.717, 1.165) is 25.7 Å². The first-order valence-electron chi connectivity index (χ1n) is 9.67. The molecule has 0 aliphatic heterocycles. The molecule has 3 rings (SSSR count). The number of nitrogens with zero attached hydrogens (tertiary/aromatic N) is 2. The molecule has 0 bridgehead atoms. The first kappa shape index (κ1) is 22.8. The second-order valence-electron chi connectivity index (χ2n) is 7.41. The third-order valence-electron chi connectivity index (χ3n) is 4.79. The topological polar surface area (TPSA) is 75.7 Å². The van der Waals surface area contributed by atoms with Gasteiger partial charge >= 0.3 is 0 Å². The van der Waals surface area contributed by atoms with Crippen molar-refractivity contribution in [2.24, 2.45) is 0 Å². The Morgan fingerprint density at radius 1 is 1.07 bits per heavy atom. The van der Waals surface area contributed by atoms with Gasteiger partial charge in [0, 0.05) is 17.0 Å².